The lowest BCUT2D eigenvalue weighted by Gasteiger charge is -2.20. The van der Waals surface area contributed by atoms with E-state index < -0.39 is 77.9 Å². The van der Waals surface area contributed by atoms with E-state index in [0.717, 1.165) is 12.7 Å². The van der Waals surface area contributed by atoms with E-state index in [0.29, 0.717) is 0 Å². The number of imidazole rings is 2. The van der Waals surface area contributed by atoms with Crippen molar-refractivity contribution in [1.29, 1.82) is 0 Å². The van der Waals surface area contributed by atoms with Crippen molar-refractivity contribution < 1.29 is 62.2 Å². The van der Waals surface area contributed by atoms with Crippen molar-refractivity contribution in [2.45, 2.75) is 49.1 Å². The highest BCUT2D eigenvalue weighted by atomic mass is 31.3. The van der Waals surface area contributed by atoms with Crippen LogP contribution in [0.5, 0.6) is 0 Å². The number of phosphoric acid groups is 2. The summed E-state index contributed by atoms with van der Waals surface area (Å²) in [4.78, 5) is 43.8. The number of ether oxygens (including phenoxy) is 2. The van der Waals surface area contributed by atoms with Gasteiger partial charge >= 0.3 is 15.6 Å². The molecule has 2 fully saturated rings. The van der Waals surface area contributed by atoms with Crippen LogP contribution in [0, 0.1) is 0 Å². The molecule has 2 aliphatic heterocycles. The Morgan fingerprint density at radius 1 is 0.689 bits per heavy atom. The first-order valence-corrected chi connectivity index (χ1v) is 15.8. The van der Waals surface area contributed by atoms with Gasteiger partial charge in [0, 0.05) is 0 Å². The molecule has 4 aromatic rings. The predicted molar refractivity (Wildman–Crippen MR) is 144 cm³/mol. The molecule has 10 N–H and O–H groups in total. The summed E-state index contributed by atoms with van der Waals surface area (Å²) in [7, 11) is -10.7. The zero-order chi connectivity index (χ0) is 32.3. The molecule has 4 aromatic heterocycles. The van der Waals surface area contributed by atoms with E-state index in [9.17, 15) is 39.3 Å². The highest BCUT2D eigenvalue weighted by molar-refractivity contribution is 7.61. The monoisotopic (exact) mass is 676 g/mol. The van der Waals surface area contributed by atoms with Crippen molar-refractivity contribution >= 4 is 49.6 Å². The minimum absolute atomic E-state index is 0.0539. The fraction of sp³-hybridized carbons (Fsp3) is 0.500. The number of aliphatic hydroxyl groups excluding tert-OH is 4. The van der Waals surface area contributed by atoms with Crippen LogP contribution in [-0.4, -0.2) is 119 Å². The molecule has 0 saturated carbocycles. The van der Waals surface area contributed by atoms with Gasteiger partial charge in [-0.1, -0.05) is 0 Å². The number of aromatic nitrogens is 8. The third kappa shape index (κ3) is 6.02. The SMILES string of the molecule is Nc1ncnc2c1ncn2[C@@H]1O[C@H](COP(=O)(O)OP(=O)(O)OC[C@H]2O[C@@H](n3cnc4c(N)ncnc43)[C@H](O)[C@@H]2O)[C@@H](O)[C@H]1O. The molecule has 0 amide bonds. The smallest absolute Gasteiger partial charge is 0.387 e. The zero-order valence-electron chi connectivity index (χ0n) is 22.5. The lowest BCUT2D eigenvalue weighted by Crippen LogP contribution is -2.34. The molecule has 45 heavy (non-hydrogen) atoms. The average Bonchev–Trinajstić information content (AvgIpc) is 3.73. The van der Waals surface area contributed by atoms with Crippen molar-refractivity contribution in [2.75, 3.05) is 24.7 Å². The van der Waals surface area contributed by atoms with Crippen molar-refractivity contribution in [2.24, 2.45) is 0 Å². The summed E-state index contributed by atoms with van der Waals surface area (Å²) in [5.74, 6) is 0.108. The second-order valence-corrected chi connectivity index (χ2v) is 12.9. The Morgan fingerprint density at radius 3 is 1.49 bits per heavy atom. The van der Waals surface area contributed by atoms with Gasteiger partial charge in [0.25, 0.3) is 0 Å². The minimum Gasteiger partial charge on any atom is -0.387 e. The third-order valence-corrected chi connectivity index (χ3v) is 9.61. The summed E-state index contributed by atoms with van der Waals surface area (Å²) in [6.07, 6.45) is -7.12. The molecule has 2 saturated heterocycles. The van der Waals surface area contributed by atoms with Gasteiger partial charge in [-0.3, -0.25) is 18.2 Å². The van der Waals surface area contributed by atoms with Gasteiger partial charge in [0.1, 0.15) is 60.3 Å². The maximum Gasteiger partial charge on any atom is 0.481 e. The van der Waals surface area contributed by atoms with Crippen molar-refractivity contribution in [3.8, 4) is 0 Å². The Kier molecular flexibility index (Phi) is 8.33. The van der Waals surface area contributed by atoms with Crippen LogP contribution in [-0.2, 0) is 32.0 Å². The largest absolute Gasteiger partial charge is 0.481 e. The molecule has 2 aliphatic rings. The second-order valence-electron chi connectivity index (χ2n) is 9.87. The first-order valence-electron chi connectivity index (χ1n) is 12.8. The normalized spacial score (nSPS) is 31.4. The first kappa shape index (κ1) is 31.7. The molecule has 0 spiro atoms. The Morgan fingerprint density at radius 2 is 1.09 bits per heavy atom. The maximum atomic E-state index is 12.5. The van der Waals surface area contributed by atoms with Crippen molar-refractivity contribution in [1.82, 2.24) is 39.0 Å². The lowest BCUT2D eigenvalue weighted by molar-refractivity contribution is -0.0530. The summed E-state index contributed by atoms with van der Waals surface area (Å²) in [5.41, 5.74) is 12.2. The van der Waals surface area contributed by atoms with E-state index in [2.05, 4.69) is 34.2 Å². The highest BCUT2D eigenvalue weighted by Gasteiger charge is 2.48. The number of phosphoric ester groups is 2. The van der Waals surface area contributed by atoms with Crippen LogP contribution in [0.1, 0.15) is 12.5 Å². The summed E-state index contributed by atoms with van der Waals surface area (Å²) in [5, 5.41) is 41.9. The van der Waals surface area contributed by atoms with Gasteiger partial charge in [0.05, 0.1) is 25.9 Å². The number of nitrogens with two attached hydrogens (primary N) is 2. The second kappa shape index (κ2) is 11.8. The van der Waals surface area contributed by atoms with Gasteiger partial charge in [-0.05, 0) is 0 Å². The molecule has 6 heterocycles. The van der Waals surface area contributed by atoms with Crippen molar-refractivity contribution in [3.63, 3.8) is 0 Å². The average molecular weight is 676 g/mol. The topological polar surface area (TPSA) is 341 Å². The molecule has 6 rings (SSSR count). The molecule has 0 bridgehead atoms. The van der Waals surface area contributed by atoms with E-state index >= 15 is 0 Å². The summed E-state index contributed by atoms with van der Waals surface area (Å²) < 4.78 is 52.3. The zero-order valence-corrected chi connectivity index (χ0v) is 24.3. The van der Waals surface area contributed by atoms with Crippen LogP contribution >= 0.6 is 15.6 Å². The summed E-state index contributed by atoms with van der Waals surface area (Å²) in [6.45, 7) is -1.78. The van der Waals surface area contributed by atoms with Crippen LogP contribution in [0.3, 0.4) is 0 Å². The molecule has 0 radical (unpaired) electrons. The van der Waals surface area contributed by atoms with Gasteiger partial charge in [0.15, 0.2) is 35.4 Å². The number of hydrogen-bond donors (Lipinski definition) is 8. The number of hydrogen-bond acceptors (Lipinski definition) is 19. The third-order valence-electron chi connectivity index (χ3n) is 7.01. The maximum absolute atomic E-state index is 12.5. The quantitative estimate of drug-likeness (QED) is 0.0793. The molecule has 244 valence electrons. The molecule has 0 aromatic carbocycles. The number of nitrogens with zero attached hydrogens (tertiary/aromatic N) is 8. The van der Waals surface area contributed by atoms with Gasteiger partial charge in [-0.25, -0.2) is 39.0 Å². The predicted octanol–water partition coefficient (Wildman–Crippen LogP) is -2.68. The molecule has 0 aliphatic carbocycles. The van der Waals surface area contributed by atoms with E-state index in [4.69, 9.17) is 30.0 Å². The molecule has 23 nitrogen and oxygen atoms in total. The van der Waals surface area contributed by atoms with Crippen LogP contribution < -0.4 is 11.5 Å². The number of nitrogen functional groups attached to an aromatic ring is 2. The molecule has 25 heteroatoms. The van der Waals surface area contributed by atoms with E-state index in [1.165, 1.54) is 21.8 Å². The molecular weight excluding hydrogens is 650 g/mol. The van der Waals surface area contributed by atoms with Gasteiger partial charge in [-0.2, -0.15) is 4.31 Å². The number of anilines is 2. The molecular formula is C20H26N10O13P2. The minimum atomic E-state index is -5.37. The number of rotatable bonds is 10. The molecule has 2 unspecified atom stereocenters. The molecule has 10 atom stereocenters. The van der Waals surface area contributed by atoms with Crippen LogP contribution in [0.15, 0.2) is 25.3 Å². The Labute approximate surface area is 250 Å². The highest BCUT2D eigenvalue weighted by Crippen LogP contribution is 2.60. The Balaban J connectivity index is 1.04. The summed E-state index contributed by atoms with van der Waals surface area (Å²) in [6, 6.07) is 0. The van der Waals surface area contributed by atoms with Crippen LogP contribution in [0.2, 0.25) is 0 Å². The summed E-state index contributed by atoms with van der Waals surface area (Å²) >= 11 is 0. The fourth-order valence-corrected chi connectivity index (χ4v) is 6.91. The Bertz CT molecular complexity index is 1680. The standard InChI is InChI=1S/C20H26N10O13P2/c21-15-9-17(25-3-23-15)29(5-27-9)19-13(33)11(31)7(41-19)1-39-44(35,36)43-45(37,38)40-2-8-12(32)14(34)20(42-8)30-6-28-10-16(22)24-4-26-18(10)30/h3-8,11-14,19-20,31-34H,1-2H2,(H,35,36)(H,37,38)(H2,21,23,25)(H2,22,24,26)/t7-,8-,11-,12-,13-,14-,19-,20-/m1/s1. The van der Waals surface area contributed by atoms with Gasteiger partial charge in [-0.15, -0.1) is 0 Å². The van der Waals surface area contributed by atoms with E-state index in [1.807, 2.05) is 0 Å². The fourth-order valence-electron chi connectivity index (χ4n) is 4.82. The van der Waals surface area contributed by atoms with Gasteiger partial charge < -0.3 is 51.2 Å². The van der Waals surface area contributed by atoms with E-state index in [-0.39, 0.29) is 34.0 Å². The lowest BCUT2D eigenvalue weighted by atomic mass is 10.1. The first-order chi connectivity index (χ1) is 21.3. The van der Waals surface area contributed by atoms with Crippen LogP contribution in [0.25, 0.3) is 22.3 Å². The van der Waals surface area contributed by atoms with Gasteiger partial charge in [0.2, 0.25) is 0 Å². The number of aliphatic hydroxyl groups is 4. The van der Waals surface area contributed by atoms with Crippen molar-refractivity contribution in [3.05, 3.63) is 25.3 Å². The van der Waals surface area contributed by atoms with E-state index in [1.54, 1.807) is 0 Å². The van der Waals surface area contributed by atoms with Crippen LogP contribution in [0.4, 0.5) is 11.6 Å². The number of fused-ring (bicyclic) bond motifs is 2. The Hall–Kier alpha value is -3.28.